The molecule has 1 aromatic carbocycles. The highest BCUT2D eigenvalue weighted by molar-refractivity contribution is 6.02. The van der Waals surface area contributed by atoms with Gasteiger partial charge in [0.2, 0.25) is 0 Å². The third kappa shape index (κ3) is 3.04. The number of pyridine rings is 1. The smallest absolute Gasteiger partial charge is 0.282 e. The molecular formula is C19H16FN5O3. The van der Waals surface area contributed by atoms with Gasteiger partial charge >= 0.3 is 0 Å². The Morgan fingerprint density at radius 1 is 1.36 bits per heavy atom. The first-order chi connectivity index (χ1) is 13.5. The number of fused-ring (bicyclic) bond motifs is 1. The number of ether oxygens (including phenoxy) is 2. The Labute approximate surface area is 159 Å². The van der Waals surface area contributed by atoms with Crippen molar-refractivity contribution in [2.45, 2.75) is 5.54 Å². The Hall–Kier alpha value is -3.51. The van der Waals surface area contributed by atoms with Crippen molar-refractivity contribution >= 4 is 17.6 Å². The summed E-state index contributed by atoms with van der Waals surface area (Å²) in [4.78, 5) is 20.7. The number of anilines is 1. The fourth-order valence-electron chi connectivity index (χ4n) is 3.42. The van der Waals surface area contributed by atoms with Gasteiger partial charge in [-0.25, -0.2) is 14.4 Å². The van der Waals surface area contributed by atoms with Crippen LogP contribution in [0.15, 0.2) is 41.5 Å². The lowest BCUT2D eigenvalue weighted by Gasteiger charge is -2.34. The fraction of sp³-hybridized carbons (Fsp3) is 0.263. The van der Waals surface area contributed by atoms with Gasteiger partial charge in [0.1, 0.15) is 23.1 Å². The van der Waals surface area contributed by atoms with E-state index in [9.17, 15) is 9.18 Å². The molecule has 0 radical (unpaired) electrons. The van der Waals surface area contributed by atoms with Crippen molar-refractivity contribution in [3.8, 4) is 6.07 Å². The number of amides is 1. The van der Waals surface area contributed by atoms with E-state index in [0.717, 1.165) is 0 Å². The predicted octanol–water partition coefficient (Wildman–Crippen LogP) is 1.53. The van der Waals surface area contributed by atoms with E-state index in [0.29, 0.717) is 17.9 Å². The van der Waals surface area contributed by atoms with Gasteiger partial charge in [-0.05, 0) is 30.3 Å². The van der Waals surface area contributed by atoms with Crippen LogP contribution in [0.3, 0.4) is 0 Å². The molecule has 1 aromatic heterocycles. The zero-order valence-corrected chi connectivity index (χ0v) is 14.7. The molecule has 3 heterocycles. The lowest BCUT2D eigenvalue weighted by atomic mass is 9.80. The first kappa shape index (κ1) is 17.9. The van der Waals surface area contributed by atoms with Crippen LogP contribution in [0.5, 0.6) is 0 Å². The summed E-state index contributed by atoms with van der Waals surface area (Å²) in [5.74, 6) is -1.13. The number of nitriles is 1. The molecule has 0 spiro atoms. The first-order valence-corrected chi connectivity index (χ1v) is 8.55. The minimum absolute atomic E-state index is 0.0163. The number of carbonyl (C=O) groups is 1. The highest BCUT2D eigenvalue weighted by atomic mass is 19.1. The lowest BCUT2D eigenvalue weighted by Crippen LogP contribution is -2.43. The van der Waals surface area contributed by atoms with E-state index in [1.807, 2.05) is 6.07 Å². The summed E-state index contributed by atoms with van der Waals surface area (Å²) in [6, 6.07) is 9.11. The second-order valence-corrected chi connectivity index (χ2v) is 6.59. The molecule has 3 N–H and O–H groups in total. The fourth-order valence-corrected chi connectivity index (χ4v) is 3.42. The van der Waals surface area contributed by atoms with Crippen LogP contribution in [-0.4, -0.2) is 36.7 Å². The van der Waals surface area contributed by atoms with Crippen molar-refractivity contribution < 1.29 is 18.7 Å². The Morgan fingerprint density at radius 3 is 2.96 bits per heavy atom. The Balaban J connectivity index is 1.65. The minimum atomic E-state index is -0.986. The average Bonchev–Trinajstić information content (AvgIpc) is 3.13. The molecule has 1 amide bonds. The van der Waals surface area contributed by atoms with Gasteiger partial charge < -0.3 is 20.5 Å². The van der Waals surface area contributed by atoms with Gasteiger partial charge in [0, 0.05) is 23.4 Å². The summed E-state index contributed by atoms with van der Waals surface area (Å²) in [6.45, 7) is 0.829. The van der Waals surface area contributed by atoms with Crippen LogP contribution < -0.4 is 11.1 Å². The van der Waals surface area contributed by atoms with Crippen LogP contribution in [0.2, 0.25) is 0 Å². The van der Waals surface area contributed by atoms with Crippen molar-refractivity contribution in [2.24, 2.45) is 16.6 Å². The van der Waals surface area contributed by atoms with Crippen LogP contribution >= 0.6 is 0 Å². The molecule has 28 heavy (non-hydrogen) atoms. The zero-order chi connectivity index (χ0) is 19.7. The van der Waals surface area contributed by atoms with Gasteiger partial charge in [-0.3, -0.25) is 4.79 Å². The third-order valence-electron chi connectivity index (χ3n) is 4.87. The summed E-state index contributed by atoms with van der Waals surface area (Å²) in [7, 11) is 0. The molecule has 4 rings (SSSR count). The summed E-state index contributed by atoms with van der Waals surface area (Å²) in [6.07, 6.45) is 1.31. The Kier molecular flexibility index (Phi) is 4.41. The molecule has 142 valence electrons. The Morgan fingerprint density at radius 2 is 2.21 bits per heavy atom. The molecule has 0 bridgehead atoms. The molecule has 2 aliphatic rings. The zero-order valence-electron chi connectivity index (χ0n) is 14.7. The Bertz CT molecular complexity index is 1000. The molecule has 1 saturated heterocycles. The van der Waals surface area contributed by atoms with E-state index >= 15 is 0 Å². The number of carbonyl (C=O) groups excluding carboxylic acids is 1. The van der Waals surface area contributed by atoms with Crippen LogP contribution in [0.25, 0.3) is 0 Å². The number of benzene rings is 1. The van der Waals surface area contributed by atoms with Crippen molar-refractivity contribution in [3.05, 3.63) is 59.2 Å². The van der Waals surface area contributed by atoms with Crippen LogP contribution in [0.4, 0.5) is 10.1 Å². The molecule has 2 atom stereocenters. The van der Waals surface area contributed by atoms with Gasteiger partial charge in [-0.2, -0.15) is 5.26 Å². The maximum absolute atomic E-state index is 14.7. The summed E-state index contributed by atoms with van der Waals surface area (Å²) >= 11 is 0. The number of amidine groups is 1. The van der Waals surface area contributed by atoms with Gasteiger partial charge in [0.25, 0.3) is 11.9 Å². The molecule has 2 aromatic rings. The molecule has 2 unspecified atom stereocenters. The number of nitrogens with zero attached hydrogens (tertiary/aromatic N) is 3. The lowest BCUT2D eigenvalue weighted by molar-refractivity contribution is 0.102. The van der Waals surface area contributed by atoms with E-state index in [-0.39, 0.29) is 36.4 Å². The van der Waals surface area contributed by atoms with Crippen LogP contribution in [-0.2, 0) is 15.0 Å². The molecule has 2 aliphatic heterocycles. The number of hydrogen-bond acceptors (Lipinski definition) is 7. The van der Waals surface area contributed by atoms with Crippen LogP contribution in [0, 0.1) is 23.1 Å². The van der Waals surface area contributed by atoms with E-state index < -0.39 is 17.3 Å². The van der Waals surface area contributed by atoms with Crippen molar-refractivity contribution in [1.29, 1.82) is 5.26 Å². The van der Waals surface area contributed by atoms with E-state index in [2.05, 4.69) is 15.3 Å². The number of nitrogens with one attached hydrogen (secondary N) is 1. The molecular weight excluding hydrogens is 365 g/mol. The second kappa shape index (κ2) is 6.90. The highest BCUT2D eigenvalue weighted by Crippen LogP contribution is 2.43. The van der Waals surface area contributed by atoms with Crippen molar-refractivity contribution in [3.63, 3.8) is 0 Å². The average molecular weight is 381 g/mol. The SMILES string of the molecule is N#Cc1ccc(C(=O)Nc2ccc(F)c(C34COCC3COC(N)=N4)c2)nc1. The third-order valence-corrected chi connectivity index (χ3v) is 4.87. The van der Waals surface area contributed by atoms with Crippen molar-refractivity contribution in [2.75, 3.05) is 25.1 Å². The number of aliphatic imine (C=N–C) groups is 1. The number of nitrogens with two attached hydrogens (primary N) is 1. The normalized spacial score (nSPS) is 23.1. The second-order valence-electron chi connectivity index (χ2n) is 6.59. The monoisotopic (exact) mass is 381 g/mol. The molecule has 8 nitrogen and oxygen atoms in total. The molecule has 1 fully saturated rings. The largest absolute Gasteiger partial charge is 0.465 e. The quantitative estimate of drug-likeness (QED) is 0.831. The van der Waals surface area contributed by atoms with Crippen molar-refractivity contribution in [1.82, 2.24) is 4.98 Å². The standard InChI is InChI=1S/C19H16FN5O3/c20-15-3-2-13(24-17(26)16-4-1-11(6-21)7-23-16)5-14(15)19-10-27-8-12(19)9-28-18(22)25-19/h1-5,7,12H,8-10H2,(H2,22,25)(H,24,26). The number of halogens is 1. The molecule has 9 heteroatoms. The van der Waals surface area contributed by atoms with Gasteiger partial charge in [0.05, 0.1) is 25.4 Å². The van der Waals surface area contributed by atoms with Gasteiger partial charge in [-0.1, -0.05) is 0 Å². The van der Waals surface area contributed by atoms with Gasteiger partial charge in [0.15, 0.2) is 0 Å². The highest BCUT2D eigenvalue weighted by Gasteiger charge is 2.50. The molecule has 0 aliphatic carbocycles. The topological polar surface area (TPSA) is 123 Å². The predicted molar refractivity (Wildman–Crippen MR) is 96.9 cm³/mol. The number of aromatic nitrogens is 1. The maximum atomic E-state index is 14.7. The molecule has 0 saturated carbocycles. The van der Waals surface area contributed by atoms with Crippen LogP contribution in [0.1, 0.15) is 21.6 Å². The first-order valence-electron chi connectivity index (χ1n) is 8.55. The van der Waals surface area contributed by atoms with E-state index in [1.165, 1.54) is 36.5 Å². The number of rotatable bonds is 3. The van der Waals surface area contributed by atoms with Gasteiger partial charge in [-0.15, -0.1) is 0 Å². The van der Waals surface area contributed by atoms with E-state index in [1.54, 1.807) is 0 Å². The minimum Gasteiger partial charge on any atom is -0.465 e. The summed E-state index contributed by atoms with van der Waals surface area (Å²) < 4.78 is 25.5. The summed E-state index contributed by atoms with van der Waals surface area (Å²) in [5.41, 5.74) is 5.90. The number of hydrogen-bond donors (Lipinski definition) is 2. The van der Waals surface area contributed by atoms with E-state index in [4.69, 9.17) is 20.5 Å². The maximum Gasteiger partial charge on any atom is 0.282 e. The summed E-state index contributed by atoms with van der Waals surface area (Å²) in [5, 5.41) is 11.5.